The zero-order valence-electron chi connectivity index (χ0n) is 12.7. The Labute approximate surface area is 116 Å². The molecule has 0 fully saturated rings. The van der Waals surface area contributed by atoms with E-state index in [1.54, 1.807) is 12.1 Å². The van der Waals surface area contributed by atoms with Crippen molar-refractivity contribution < 1.29 is 9.13 Å². The third-order valence-corrected chi connectivity index (χ3v) is 3.18. The van der Waals surface area contributed by atoms with Gasteiger partial charge in [-0.05, 0) is 43.0 Å². The zero-order chi connectivity index (χ0) is 14.5. The van der Waals surface area contributed by atoms with Crippen LogP contribution in [0.2, 0.25) is 0 Å². The SMILES string of the molecule is CCCNC(COc1cc(C)ccc1F)C(C)(C)C. The first-order valence-electron chi connectivity index (χ1n) is 6.97. The molecule has 0 radical (unpaired) electrons. The second-order valence-electron chi connectivity index (χ2n) is 6.12. The van der Waals surface area contributed by atoms with Crippen molar-refractivity contribution in [1.82, 2.24) is 5.32 Å². The van der Waals surface area contributed by atoms with Crippen LogP contribution in [0.15, 0.2) is 18.2 Å². The van der Waals surface area contributed by atoms with Crippen molar-refractivity contribution in [3.63, 3.8) is 0 Å². The van der Waals surface area contributed by atoms with E-state index in [1.807, 2.05) is 6.92 Å². The van der Waals surface area contributed by atoms with Gasteiger partial charge in [-0.2, -0.15) is 0 Å². The molecule has 0 bridgehead atoms. The van der Waals surface area contributed by atoms with Gasteiger partial charge in [-0.1, -0.05) is 33.8 Å². The van der Waals surface area contributed by atoms with Crippen molar-refractivity contribution in [3.8, 4) is 5.75 Å². The Morgan fingerprint density at radius 2 is 2.00 bits per heavy atom. The van der Waals surface area contributed by atoms with E-state index in [0.717, 1.165) is 18.5 Å². The van der Waals surface area contributed by atoms with Crippen molar-refractivity contribution in [3.05, 3.63) is 29.6 Å². The normalized spacial score (nSPS) is 13.4. The molecule has 0 aliphatic carbocycles. The first-order valence-corrected chi connectivity index (χ1v) is 6.97. The smallest absolute Gasteiger partial charge is 0.165 e. The maximum atomic E-state index is 13.6. The second-order valence-corrected chi connectivity index (χ2v) is 6.12. The number of benzene rings is 1. The Kier molecular flexibility index (Phi) is 5.80. The average Bonchev–Trinajstić information content (AvgIpc) is 2.31. The number of hydrogen-bond donors (Lipinski definition) is 1. The largest absolute Gasteiger partial charge is 0.489 e. The van der Waals surface area contributed by atoms with Crippen LogP contribution in [-0.2, 0) is 0 Å². The van der Waals surface area contributed by atoms with Crippen molar-refractivity contribution >= 4 is 0 Å². The third-order valence-electron chi connectivity index (χ3n) is 3.18. The van der Waals surface area contributed by atoms with Gasteiger partial charge >= 0.3 is 0 Å². The molecular weight excluding hydrogens is 241 g/mol. The van der Waals surface area contributed by atoms with Crippen LogP contribution in [0.4, 0.5) is 4.39 Å². The Bertz CT molecular complexity index is 398. The molecule has 2 nitrogen and oxygen atoms in total. The van der Waals surface area contributed by atoms with Gasteiger partial charge in [0.25, 0.3) is 0 Å². The summed E-state index contributed by atoms with van der Waals surface area (Å²) >= 11 is 0. The molecule has 0 saturated carbocycles. The first-order chi connectivity index (χ1) is 8.84. The molecule has 1 rings (SSSR count). The topological polar surface area (TPSA) is 21.3 Å². The van der Waals surface area contributed by atoms with Gasteiger partial charge in [0.05, 0.1) is 0 Å². The van der Waals surface area contributed by atoms with Crippen LogP contribution in [0.3, 0.4) is 0 Å². The summed E-state index contributed by atoms with van der Waals surface area (Å²) in [4.78, 5) is 0. The number of hydrogen-bond acceptors (Lipinski definition) is 2. The van der Waals surface area contributed by atoms with E-state index in [0.29, 0.717) is 12.4 Å². The molecule has 0 aliphatic heterocycles. The summed E-state index contributed by atoms with van der Waals surface area (Å²) in [5.41, 5.74) is 1.08. The number of aryl methyl sites for hydroxylation is 1. The lowest BCUT2D eigenvalue weighted by Gasteiger charge is -2.31. The monoisotopic (exact) mass is 267 g/mol. The number of halogens is 1. The number of rotatable bonds is 6. The molecule has 1 N–H and O–H groups in total. The lowest BCUT2D eigenvalue weighted by Crippen LogP contribution is -2.45. The van der Waals surface area contributed by atoms with Crippen molar-refractivity contribution in [2.24, 2.45) is 5.41 Å². The Hall–Kier alpha value is -1.09. The molecule has 0 aromatic heterocycles. The van der Waals surface area contributed by atoms with Crippen LogP contribution in [-0.4, -0.2) is 19.2 Å². The molecule has 0 spiro atoms. The molecule has 1 aromatic carbocycles. The van der Waals surface area contributed by atoms with Crippen molar-refractivity contribution in [2.75, 3.05) is 13.2 Å². The summed E-state index contributed by atoms with van der Waals surface area (Å²) in [5.74, 6) is 0.0429. The summed E-state index contributed by atoms with van der Waals surface area (Å²) in [6, 6.07) is 5.15. The highest BCUT2D eigenvalue weighted by Gasteiger charge is 2.24. The minimum atomic E-state index is -0.297. The van der Waals surface area contributed by atoms with E-state index >= 15 is 0 Å². The molecule has 0 heterocycles. The van der Waals surface area contributed by atoms with Gasteiger partial charge < -0.3 is 10.1 Å². The standard InChI is InChI=1S/C16H26FNO/c1-6-9-18-15(16(3,4)5)11-19-14-10-12(2)7-8-13(14)17/h7-8,10,15,18H,6,9,11H2,1-5H3. The summed E-state index contributed by atoms with van der Waals surface area (Å²) in [6.45, 7) is 12.0. The lowest BCUT2D eigenvalue weighted by molar-refractivity contribution is 0.170. The minimum absolute atomic E-state index is 0.0788. The molecule has 19 heavy (non-hydrogen) atoms. The van der Waals surface area contributed by atoms with E-state index in [4.69, 9.17) is 4.74 Å². The van der Waals surface area contributed by atoms with Crippen molar-refractivity contribution in [2.45, 2.75) is 47.1 Å². The zero-order valence-corrected chi connectivity index (χ0v) is 12.7. The van der Waals surface area contributed by atoms with Gasteiger partial charge in [-0.25, -0.2) is 4.39 Å². The average molecular weight is 267 g/mol. The van der Waals surface area contributed by atoms with Crippen LogP contribution in [0, 0.1) is 18.2 Å². The molecule has 1 unspecified atom stereocenters. The van der Waals surface area contributed by atoms with Crippen LogP contribution >= 0.6 is 0 Å². The summed E-state index contributed by atoms with van der Waals surface area (Å²) in [6.07, 6.45) is 1.07. The van der Waals surface area contributed by atoms with Crippen LogP contribution in [0.1, 0.15) is 39.7 Å². The molecule has 1 atom stereocenters. The Morgan fingerprint density at radius 1 is 1.32 bits per heavy atom. The Balaban J connectivity index is 2.67. The molecule has 0 amide bonds. The second kappa shape index (κ2) is 6.90. The highest BCUT2D eigenvalue weighted by Crippen LogP contribution is 2.23. The van der Waals surface area contributed by atoms with Crippen LogP contribution < -0.4 is 10.1 Å². The van der Waals surface area contributed by atoms with E-state index in [9.17, 15) is 4.39 Å². The number of nitrogens with one attached hydrogen (secondary N) is 1. The molecule has 108 valence electrons. The maximum Gasteiger partial charge on any atom is 0.165 e. The fraction of sp³-hybridized carbons (Fsp3) is 0.625. The van der Waals surface area contributed by atoms with E-state index in [-0.39, 0.29) is 17.3 Å². The molecular formula is C16H26FNO. The van der Waals surface area contributed by atoms with Gasteiger partial charge in [-0.3, -0.25) is 0 Å². The minimum Gasteiger partial charge on any atom is -0.489 e. The van der Waals surface area contributed by atoms with Gasteiger partial charge in [0, 0.05) is 6.04 Å². The third kappa shape index (κ3) is 5.19. The molecule has 0 aliphatic rings. The highest BCUT2D eigenvalue weighted by atomic mass is 19.1. The fourth-order valence-electron chi connectivity index (χ4n) is 1.83. The van der Waals surface area contributed by atoms with E-state index in [2.05, 4.69) is 33.0 Å². The van der Waals surface area contributed by atoms with Gasteiger partial charge in [0.1, 0.15) is 6.61 Å². The first kappa shape index (κ1) is 16.0. The summed E-state index contributed by atoms with van der Waals surface area (Å²) < 4.78 is 19.3. The fourth-order valence-corrected chi connectivity index (χ4v) is 1.83. The number of ether oxygens (including phenoxy) is 1. The lowest BCUT2D eigenvalue weighted by atomic mass is 9.87. The summed E-state index contributed by atoms with van der Waals surface area (Å²) in [7, 11) is 0. The van der Waals surface area contributed by atoms with Crippen LogP contribution in [0.25, 0.3) is 0 Å². The molecule has 1 aromatic rings. The Morgan fingerprint density at radius 3 is 2.58 bits per heavy atom. The van der Waals surface area contributed by atoms with Gasteiger partial charge in [0.2, 0.25) is 0 Å². The van der Waals surface area contributed by atoms with Crippen LogP contribution in [0.5, 0.6) is 5.75 Å². The quantitative estimate of drug-likeness (QED) is 0.843. The van der Waals surface area contributed by atoms with Gasteiger partial charge in [-0.15, -0.1) is 0 Å². The highest BCUT2D eigenvalue weighted by molar-refractivity contribution is 5.29. The molecule has 3 heteroatoms. The molecule has 0 saturated heterocycles. The summed E-state index contributed by atoms with van der Waals surface area (Å²) in [5, 5.41) is 3.47. The van der Waals surface area contributed by atoms with Gasteiger partial charge in [0.15, 0.2) is 11.6 Å². The maximum absolute atomic E-state index is 13.6. The van der Waals surface area contributed by atoms with E-state index in [1.165, 1.54) is 6.07 Å². The van der Waals surface area contributed by atoms with E-state index < -0.39 is 0 Å². The predicted octanol–water partition coefficient (Wildman–Crippen LogP) is 3.93. The predicted molar refractivity (Wildman–Crippen MR) is 78.2 cm³/mol. The van der Waals surface area contributed by atoms with Crippen molar-refractivity contribution in [1.29, 1.82) is 0 Å².